The van der Waals surface area contributed by atoms with E-state index in [0.29, 0.717) is 0 Å². The zero-order valence-corrected chi connectivity index (χ0v) is 12.1. The Labute approximate surface area is 114 Å². The zero-order valence-electron chi connectivity index (χ0n) is 12.1. The molecule has 4 heteroatoms. The summed E-state index contributed by atoms with van der Waals surface area (Å²) in [5.74, 6) is 0. The molecule has 0 saturated carbocycles. The van der Waals surface area contributed by atoms with Gasteiger partial charge in [0.1, 0.15) is 17.9 Å². The Morgan fingerprint density at radius 2 is 2.00 bits per heavy atom. The number of benzene rings is 1. The maximum absolute atomic E-state index is 12.0. The number of carbonyl (C=O) groups excluding carboxylic acids is 2. The number of nitrogens with zero attached hydrogens (tertiary/aromatic N) is 1. The average molecular weight is 263 g/mol. The molecule has 1 aromatic rings. The largest absolute Gasteiger partial charge is 0.444 e. The summed E-state index contributed by atoms with van der Waals surface area (Å²) in [5.41, 5.74) is 1.25. The fourth-order valence-corrected chi connectivity index (χ4v) is 1.70. The zero-order chi connectivity index (χ0) is 14.6. The minimum atomic E-state index is -0.630. The van der Waals surface area contributed by atoms with E-state index in [2.05, 4.69) is 0 Å². The Morgan fingerprint density at radius 1 is 1.37 bits per heavy atom. The Balaban J connectivity index is 2.91. The van der Waals surface area contributed by atoms with Crippen LogP contribution in [-0.4, -0.2) is 29.9 Å². The van der Waals surface area contributed by atoms with Crippen LogP contribution in [0.2, 0.25) is 0 Å². The summed E-state index contributed by atoms with van der Waals surface area (Å²) in [7, 11) is 1.56. The van der Waals surface area contributed by atoms with E-state index in [0.717, 1.165) is 17.4 Å². The first-order valence-electron chi connectivity index (χ1n) is 6.22. The number of rotatable bonds is 3. The molecule has 0 heterocycles. The van der Waals surface area contributed by atoms with Gasteiger partial charge in [0.15, 0.2) is 0 Å². The van der Waals surface area contributed by atoms with Crippen LogP contribution in [0.25, 0.3) is 0 Å². The number of aldehydes is 1. The second-order valence-electron chi connectivity index (χ2n) is 5.59. The molecule has 0 fully saturated rings. The van der Waals surface area contributed by atoms with Gasteiger partial charge in [-0.15, -0.1) is 0 Å². The summed E-state index contributed by atoms with van der Waals surface area (Å²) < 4.78 is 5.26. The maximum Gasteiger partial charge on any atom is 0.410 e. The van der Waals surface area contributed by atoms with Gasteiger partial charge in [0.2, 0.25) is 0 Å². The second-order valence-corrected chi connectivity index (χ2v) is 5.59. The molecule has 1 aromatic carbocycles. The van der Waals surface area contributed by atoms with E-state index in [1.165, 1.54) is 4.90 Å². The van der Waals surface area contributed by atoms with Crippen molar-refractivity contribution in [1.29, 1.82) is 0 Å². The average Bonchev–Trinajstić information content (AvgIpc) is 2.27. The van der Waals surface area contributed by atoms with Crippen LogP contribution < -0.4 is 0 Å². The van der Waals surface area contributed by atoms with Gasteiger partial charge >= 0.3 is 6.09 Å². The lowest BCUT2D eigenvalue weighted by Gasteiger charge is -2.28. The molecule has 0 aliphatic rings. The van der Waals surface area contributed by atoms with Crippen molar-refractivity contribution >= 4 is 12.4 Å². The molecule has 0 aliphatic heterocycles. The molecule has 1 atom stereocenters. The van der Waals surface area contributed by atoms with Gasteiger partial charge in [-0.3, -0.25) is 4.90 Å². The molecule has 0 N–H and O–H groups in total. The Kier molecular flexibility index (Phi) is 4.70. The number of likely N-dealkylation sites (N-methyl/N-ethyl adjacent to an activating group) is 1. The van der Waals surface area contributed by atoms with Crippen molar-refractivity contribution in [1.82, 2.24) is 4.90 Å². The number of aryl methyl sites for hydroxylation is 1. The fraction of sp³-hybridized carbons (Fsp3) is 0.467. The first-order valence-corrected chi connectivity index (χ1v) is 6.22. The molecule has 19 heavy (non-hydrogen) atoms. The Hall–Kier alpha value is -1.84. The third-order valence-corrected chi connectivity index (χ3v) is 2.61. The van der Waals surface area contributed by atoms with Gasteiger partial charge < -0.3 is 9.53 Å². The van der Waals surface area contributed by atoms with Crippen molar-refractivity contribution in [2.75, 3.05) is 7.05 Å². The number of amides is 1. The molecule has 0 aliphatic carbocycles. The van der Waals surface area contributed by atoms with Crippen LogP contribution in [0.1, 0.15) is 37.9 Å². The number of hydrogen-bond donors (Lipinski definition) is 0. The van der Waals surface area contributed by atoms with Crippen LogP contribution >= 0.6 is 0 Å². The van der Waals surface area contributed by atoms with Crippen LogP contribution in [0.4, 0.5) is 4.79 Å². The molecule has 1 amide bonds. The molecule has 4 nitrogen and oxygen atoms in total. The quantitative estimate of drug-likeness (QED) is 0.787. The van der Waals surface area contributed by atoms with Crippen LogP contribution in [0.5, 0.6) is 0 Å². The number of hydrogen-bond acceptors (Lipinski definition) is 3. The lowest BCUT2D eigenvalue weighted by molar-refractivity contribution is -0.112. The maximum atomic E-state index is 12.0. The van der Waals surface area contributed by atoms with Gasteiger partial charge in [0.25, 0.3) is 0 Å². The molecule has 0 radical (unpaired) electrons. The Bertz CT molecular complexity index is 463. The van der Waals surface area contributed by atoms with E-state index in [1.807, 2.05) is 31.2 Å². The highest BCUT2D eigenvalue weighted by Crippen LogP contribution is 2.20. The monoisotopic (exact) mass is 263 g/mol. The summed E-state index contributed by atoms with van der Waals surface area (Å²) in [6, 6.07) is 6.89. The summed E-state index contributed by atoms with van der Waals surface area (Å²) in [4.78, 5) is 24.6. The summed E-state index contributed by atoms with van der Waals surface area (Å²) in [6.45, 7) is 7.32. The molecule has 1 unspecified atom stereocenters. The van der Waals surface area contributed by atoms with Gasteiger partial charge in [0, 0.05) is 7.05 Å². The van der Waals surface area contributed by atoms with Crippen molar-refractivity contribution in [3.05, 3.63) is 35.4 Å². The summed E-state index contributed by atoms with van der Waals surface area (Å²) in [6.07, 6.45) is 0.240. The van der Waals surface area contributed by atoms with Crippen molar-refractivity contribution in [2.45, 2.75) is 39.3 Å². The normalized spacial score (nSPS) is 12.7. The molecular weight excluding hydrogens is 242 g/mol. The van der Waals surface area contributed by atoms with Gasteiger partial charge in [-0.2, -0.15) is 0 Å². The Morgan fingerprint density at radius 3 is 2.47 bits per heavy atom. The van der Waals surface area contributed by atoms with E-state index in [9.17, 15) is 9.59 Å². The smallest absolute Gasteiger partial charge is 0.410 e. The molecule has 1 rings (SSSR count). The molecule has 0 bridgehead atoms. The topological polar surface area (TPSA) is 46.6 Å². The minimum Gasteiger partial charge on any atom is -0.444 e. The van der Waals surface area contributed by atoms with Crippen LogP contribution in [-0.2, 0) is 9.53 Å². The standard InChI is InChI=1S/C15H21NO3/c1-11-7-6-8-12(9-11)13(10-17)16(5)14(18)19-15(2,3)4/h6-10,13H,1-5H3. The lowest BCUT2D eigenvalue weighted by atomic mass is 10.0. The molecule has 0 aromatic heterocycles. The summed E-state index contributed by atoms with van der Waals surface area (Å²) in [5, 5.41) is 0. The SMILES string of the molecule is Cc1cccc(C(C=O)N(C)C(=O)OC(C)(C)C)c1. The molecule has 0 spiro atoms. The van der Waals surface area contributed by atoms with Crippen molar-refractivity contribution in [2.24, 2.45) is 0 Å². The molecular formula is C15H21NO3. The van der Waals surface area contributed by atoms with E-state index in [4.69, 9.17) is 4.74 Å². The van der Waals surface area contributed by atoms with Gasteiger partial charge in [-0.05, 0) is 33.3 Å². The van der Waals surface area contributed by atoms with Crippen LogP contribution in [0, 0.1) is 6.92 Å². The van der Waals surface area contributed by atoms with Gasteiger partial charge in [0.05, 0.1) is 0 Å². The summed E-state index contributed by atoms with van der Waals surface area (Å²) >= 11 is 0. The predicted octanol–water partition coefficient (Wildman–Crippen LogP) is 3.10. The van der Waals surface area contributed by atoms with Gasteiger partial charge in [-0.25, -0.2) is 4.79 Å². The molecule has 104 valence electrons. The van der Waals surface area contributed by atoms with Crippen LogP contribution in [0.15, 0.2) is 24.3 Å². The van der Waals surface area contributed by atoms with Crippen molar-refractivity contribution < 1.29 is 14.3 Å². The predicted molar refractivity (Wildman–Crippen MR) is 74.0 cm³/mol. The van der Waals surface area contributed by atoms with Crippen LogP contribution in [0.3, 0.4) is 0 Å². The van der Waals surface area contributed by atoms with Crippen molar-refractivity contribution in [3.63, 3.8) is 0 Å². The lowest BCUT2D eigenvalue weighted by Crippen LogP contribution is -2.37. The molecule has 0 saturated heterocycles. The first-order chi connectivity index (χ1) is 8.74. The van der Waals surface area contributed by atoms with E-state index >= 15 is 0 Å². The first kappa shape index (κ1) is 15.2. The highest BCUT2D eigenvalue weighted by Gasteiger charge is 2.26. The minimum absolute atomic E-state index is 0.508. The van der Waals surface area contributed by atoms with E-state index in [-0.39, 0.29) is 0 Å². The third-order valence-electron chi connectivity index (χ3n) is 2.61. The highest BCUT2D eigenvalue weighted by molar-refractivity contribution is 5.74. The number of ether oxygens (including phenoxy) is 1. The van der Waals surface area contributed by atoms with E-state index in [1.54, 1.807) is 27.8 Å². The fourth-order valence-electron chi connectivity index (χ4n) is 1.70. The second kappa shape index (κ2) is 5.87. The van der Waals surface area contributed by atoms with Crippen molar-refractivity contribution in [3.8, 4) is 0 Å². The van der Waals surface area contributed by atoms with Gasteiger partial charge in [-0.1, -0.05) is 29.8 Å². The number of carbonyl (C=O) groups is 2. The third kappa shape index (κ3) is 4.39. The van der Waals surface area contributed by atoms with E-state index < -0.39 is 17.7 Å². The highest BCUT2D eigenvalue weighted by atomic mass is 16.6.